The van der Waals surface area contributed by atoms with Gasteiger partial charge in [-0.15, -0.1) is 0 Å². The molecular weight excluding hydrogens is 432 g/mol. The molecule has 0 aliphatic heterocycles. The molecule has 0 fully saturated rings. The van der Waals surface area contributed by atoms with Crippen LogP contribution in [0.3, 0.4) is 0 Å². The van der Waals surface area contributed by atoms with E-state index >= 15 is 0 Å². The summed E-state index contributed by atoms with van der Waals surface area (Å²) in [5, 5.41) is 16.7. The molecule has 0 radical (unpaired) electrons. The fourth-order valence-corrected chi connectivity index (χ4v) is 3.09. The largest absolute Gasteiger partial charge is 0.480 e. The van der Waals surface area contributed by atoms with E-state index in [1.165, 1.54) is 31.2 Å². The first-order chi connectivity index (χ1) is 14.2. The van der Waals surface area contributed by atoms with Crippen molar-refractivity contribution in [2.75, 3.05) is 17.8 Å². The monoisotopic (exact) mass is 460 g/mol. The lowest BCUT2D eigenvalue weighted by Crippen LogP contribution is -2.58. The second kappa shape index (κ2) is 13.1. The van der Waals surface area contributed by atoms with Crippen molar-refractivity contribution in [3.8, 4) is 0 Å². The number of carbonyl (C=O) groups is 4. The zero-order valence-electron chi connectivity index (χ0n) is 16.8. The van der Waals surface area contributed by atoms with E-state index < -0.39 is 47.9 Å². The van der Waals surface area contributed by atoms with E-state index in [9.17, 15) is 24.3 Å². The van der Waals surface area contributed by atoms with Crippen molar-refractivity contribution in [2.24, 2.45) is 5.73 Å². The number of imidazole rings is 1. The van der Waals surface area contributed by atoms with Crippen LogP contribution in [0.2, 0.25) is 0 Å². The Balaban J connectivity index is 2.85. The summed E-state index contributed by atoms with van der Waals surface area (Å²) in [6.07, 6.45) is 5.10. The highest BCUT2D eigenvalue weighted by atomic mass is 32.2. The van der Waals surface area contributed by atoms with Gasteiger partial charge < -0.3 is 31.8 Å². The van der Waals surface area contributed by atoms with E-state index in [0.717, 1.165) is 0 Å². The third-order valence-corrected chi connectivity index (χ3v) is 5.08. The maximum atomic E-state index is 12.8. The number of rotatable bonds is 13. The number of hydrogen-bond donors (Lipinski definition) is 7. The zero-order valence-corrected chi connectivity index (χ0v) is 18.5. The fraction of sp³-hybridized carbons (Fsp3) is 0.588. The number of H-pyrrole nitrogens is 1. The van der Waals surface area contributed by atoms with E-state index in [0.29, 0.717) is 11.4 Å². The van der Waals surface area contributed by atoms with Crippen LogP contribution >= 0.6 is 24.4 Å². The summed E-state index contributed by atoms with van der Waals surface area (Å²) in [6.45, 7) is 1.48. The van der Waals surface area contributed by atoms with Crippen molar-refractivity contribution in [3.05, 3.63) is 18.2 Å². The van der Waals surface area contributed by atoms with E-state index in [1.807, 2.05) is 6.26 Å². The number of carboxylic acids is 1. The van der Waals surface area contributed by atoms with Gasteiger partial charge in [-0.1, -0.05) is 0 Å². The number of carboxylic acid groups (broad SMARTS) is 1. The second-order valence-corrected chi connectivity index (χ2v) is 7.91. The van der Waals surface area contributed by atoms with Gasteiger partial charge in [-0.3, -0.25) is 14.4 Å². The van der Waals surface area contributed by atoms with Crippen LogP contribution in [0, 0.1) is 0 Å². The molecule has 7 N–H and O–H groups in total. The summed E-state index contributed by atoms with van der Waals surface area (Å²) < 4.78 is 0. The first kappa shape index (κ1) is 25.8. The molecule has 1 aromatic rings. The van der Waals surface area contributed by atoms with Crippen molar-refractivity contribution in [3.63, 3.8) is 0 Å². The molecule has 13 heteroatoms. The quantitative estimate of drug-likeness (QED) is 0.174. The Labute approximate surface area is 184 Å². The number of aromatic amines is 1. The molecular formula is C17H28N6O5S2. The standard InChI is InChI=1S/C17H28N6O5S2/c1-9(18)14(24)22-12(5-10-6-19-8-20-10)15(25)23-13(7-29)16(26)21-11(17(27)28)3-4-30-2/h6,8-9,11-13,29H,3-5,7,18H2,1-2H3,(H,19,20)(H,21,26)(H,22,24)(H,23,25)(H,27,28). The number of amides is 3. The third kappa shape index (κ3) is 8.63. The first-order valence-electron chi connectivity index (χ1n) is 9.16. The molecule has 0 aromatic carbocycles. The van der Waals surface area contributed by atoms with Crippen molar-refractivity contribution >= 4 is 48.1 Å². The van der Waals surface area contributed by atoms with E-state index in [2.05, 4.69) is 38.5 Å². The Morgan fingerprint density at radius 1 is 1.17 bits per heavy atom. The molecule has 1 aromatic heterocycles. The molecule has 0 aliphatic rings. The molecule has 4 atom stereocenters. The third-order valence-electron chi connectivity index (χ3n) is 4.07. The molecule has 0 bridgehead atoms. The van der Waals surface area contributed by atoms with Gasteiger partial charge in [0.05, 0.1) is 12.4 Å². The highest BCUT2D eigenvalue weighted by Gasteiger charge is 2.29. The van der Waals surface area contributed by atoms with Gasteiger partial charge in [-0.2, -0.15) is 24.4 Å². The smallest absolute Gasteiger partial charge is 0.326 e. The van der Waals surface area contributed by atoms with Crippen molar-refractivity contribution in [1.29, 1.82) is 0 Å². The summed E-state index contributed by atoms with van der Waals surface area (Å²) in [5.41, 5.74) is 6.15. The molecule has 0 spiro atoms. The number of thioether (sulfide) groups is 1. The summed E-state index contributed by atoms with van der Waals surface area (Å²) in [6, 6.07) is -4.03. The van der Waals surface area contributed by atoms with Gasteiger partial charge in [-0.25, -0.2) is 9.78 Å². The van der Waals surface area contributed by atoms with Crippen molar-refractivity contribution in [1.82, 2.24) is 25.9 Å². The van der Waals surface area contributed by atoms with E-state index in [-0.39, 0.29) is 18.6 Å². The fourth-order valence-electron chi connectivity index (χ4n) is 2.36. The molecule has 30 heavy (non-hydrogen) atoms. The Hall–Kier alpha value is -2.25. The van der Waals surface area contributed by atoms with Crippen LogP contribution in [0.25, 0.3) is 0 Å². The minimum absolute atomic E-state index is 0.0650. The van der Waals surface area contributed by atoms with Crippen LogP contribution in [0.5, 0.6) is 0 Å². The lowest BCUT2D eigenvalue weighted by Gasteiger charge is -2.24. The van der Waals surface area contributed by atoms with E-state index in [1.54, 1.807) is 0 Å². The summed E-state index contributed by atoms with van der Waals surface area (Å²) in [5.74, 6) is -2.53. The van der Waals surface area contributed by atoms with Crippen LogP contribution < -0.4 is 21.7 Å². The van der Waals surface area contributed by atoms with Crippen LogP contribution in [0.1, 0.15) is 19.0 Å². The number of nitrogens with zero attached hydrogens (tertiary/aromatic N) is 1. The number of aromatic nitrogens is 2. The molecule has 0 saturated carbocycles. The Bertz CT molecular complexity index is 716. The predicted octanol–water partition coefficient (Wildman–Crippen LogP) is -1.48. The SMILES string of the molecule is CSCCC(NC(=O)C(CS)NC(=O)C(Cc1cnc[nH]1)NC(=O)C(C)N)C(=O)O. The number of hydrogen-bond acceptors (Lipinski definition) is 8. The Kier molecular flexibility index (Phi) is 11.3. The number of aliphatic carboxylic acids is 1. The second-order valence-electron chi connectivity index (χ2n) is 6.56. The molecule has 1 heterocycles. The van der Waals surface area contributed by atoms with Crippen molar-refractivity contribution < 1.29 is 24.3 Å². The maximum absolute atomic E-state index is 12.8. The Morgan fingerprint density at radius 3 is 2.27 bits per heavy atom. The summed E-state index contributed by atoms with van der Waals surface area (Å²) in [7, 11) is 0. The molecule has 1 rings (SSSR count). The first-order valence-corrected chi connectivity index (χ1v) is 11.2. The number of carbonyl (C=O) groups excluding carboxylic acids is 3. The molecule has 0 saturated heterocycles. The average molecular weight is 461 g/mol. The maximum Gasteiger partial charge on any atom is 0.326 e. The molecule has 11 nitrogen and oxygen atoms in total. The predicted molar refractivity (Wildman–Crippen MR) is 116 cm³/mol. The van der Waals surface area contributed by atoms with Gasteiger partial charge in [0.25, 0.3) is 0 Å². The van der Waals surface area contributed by atoms with Gasteiger partial charge in [0, 0.05) is 24.1 Å². The number of thiol groups is 1. The minimum atomic E-state index is -1.16. The molecule has 3 amide bonds. The highest BCUT2D eigenvalue weighted by Crippen LogP contribution is 2.04. The van der Waals surface area contributed by atoms with Crippen molar-refractivity contribution in [2.45, 2.75) is 43.9 Å². The zero-order chi connectivity index (χ0) is 22.7. The van der Waals surface area contributed by atoms with Gasteiger partial charge in [0.1, 0.15) is 18.1 Å². The lowest BCUT2D eigenvalue weighted by atomic mass is 10.1. The van der Waals surface area contributed by atoms with Crippen LogP contribution in [-0.2, 0) is 25.6 Å². The highest BCUT2D eigenvalue weighted by molar-refractivity contribution is 7.98. The lowest BCUT2D eigenvalue weighted by molar-refractivity contribution is -0.142. The summed E-state index contributed by atoms with van der Waals surface area (Å²) in [4.78, 5) is 55.3. The number of nitrogens with one attached hydrogen (secondary N) is 4. The summed E-state index contributed by atoms with van der Waals surface area (Å²) >= 11 is 5.54. The van der Waals surface area contributed by atoms with Gasteiger partial charge in [-0.05, 0) is 25.4 Å². The topological polar surface area (TPSA) is 179 Å². The van der Waals surface area contributed by atoms with Crippen LogP contribution in [0.15, 0.2) is 12.5 Å². The van der Waals surface area contributed by atoms with Crippen LogP contribution in [0.4, 0.5) is 0 Å². The van der Waals surface area contributed by atoms with Crippen LogP contribution in [-0.4, -0.2) is 80.7 Å². The average Bonchev–Trinajstić information content (AvgIpc) is 3.21. The van der Waals surface area contributed by atoms with Gasteiger partial charge in [0.15, 0.2) is 0 Å². The molecule has 4 unspecified atom stereocenters. The van der Waals surface area contributed by atoms with E-state index in [4.69, 9.17) is 5.73 Å². The molecule has 168 valence electrons. The van der Waals surface area contributed by atoms with Gasteiger partial charge >= 0.3 is 5.97 Å². The van der Waals surface area contributed by atoms with Gasteiger partial charge in [0.2, 0.25) is 17.7 Å². The number of nitrogens with two attached hydrogens (primary N) is 1. The normalized spacial score (nSPS) is 14.8. The molecule has 0 aliphatic carbocycles. The Morgan fingerprint density at radius 2 is 1.77 bits per heavy atom. The minimum Gasteiger partial charge on any atom is -0.480 e.